The zero-order chi connectivity index (χ0) is 43.5. The van der Waals surface area contributed by atoms with Crippen LogP contribution in [-0.4, -0.2) is 136 Å². The number of rotatable bonds is 4. The van der Waals surface area contributed by atoms with E-state index in [1.165, 1.54) is 52.5 Å². The fourth-order valence-electron chi connectivity index (χ4n) is 7.78. The first kappa shape index (κ1) is 44.9. The molecule has 2 saturated heterocycles. The van der Waals surface area contributed by atoms with Gasteiger partial charge in [0.25, 0.3) is 11.7 Å². The highest BCUT2D eigenvalue weighted by Crippen LogP contribution is 2.37. The van der Waals surface area contributed by atoms with Crippen LogP contribution in [0.2, 0.25) is 0 Å². The Morgan fingerprint density at radius 3 is 2.32 bits per heavy atom. The van der Waals surface area contributed by atoms with E-state index in [9.17, 15) is 39.9 Å². The molecule has 0 spiro atoms. The number of benzene rings is 1. The van der Waals surface area contributed by atoms with E-state index < -0.39 is 100 Å². The Morgan fingerprint density at radius 1 is 1.00 bits per heavy atom. The first-order valence-electron chi connectivity index (χ1n) is 19.6. The van der Waals surface area contributed by atoms with Gasteiger partial charge in [0.2, 0.25) is 5.78 Å². The number of phenols is 2. The lowest BCUT2D eigenvalue weighted by Crippen LogP contribution is -2.46. The SMILES string of the molecule is COC1/C=C/O[C@@]2(C)OC3C#CC(O)=c4c(O)c(c(/C=N/N5CCN(C)CC5)c(O)c4=C3C2=O)NC(=O)/C(C)=C\C=C\[C@H](C)[C@H](O)[C@@H](C)C(O)[C@@H](C)C(OC(C)=O)[C@@H]1C. The molecule has 6 rings (SSSR count). The van der Waals surface area contributed by atoms with Crippen molar-refractivity contribution in [3.8, 4) is 23.3 Å². The summed E-state index contributed by atoms with van der Waals surface area (Å²) >= 11 is 0. The molecule has 0 saturated carbocycles. The molecular weight excluding hydrogens is 764 g/mol. The van der Waals surface area contributed by atoms with E-state index in [0.717, 1.165) is 0 Å². The van der Waals surface area contributed by atoms with Crippen LogP contribution in [0.1, 0.15) is 54.0 Å². The molecule has 5 aliphatic rings. The number of aliphatic hydroxyl groups is 3. The highest BCUT2D eigenvalue weighted by Gasteiger charge is 2.51. The Morgan fingerprint density at radius 2 is 1.68 bits per heavy atom. The van der Waals surface area contributed by atoms with Crippen LogP contribution in [-0.2, 0) is 33.3 Å². The predicted octanol–water partition coefficient (Wildman–Crippen LogP) is 1.39. The standard InChI is InChI=1S/C43H56N4O12/c1-22-11-10-12-23(2)42(55)45-35-28(21-44-47-18-16-46(8)17-19-47)38(52)34-32(39(35)53)29(49)13-14-31-33(34)41(54)43(7,59-31)57-20-15-30(56-9)24(3)40(58-27(6)48)26(5)37(51)25(4)36(22)50/h10-12,15,20-22,24-26,30-31,36-37,40,49-53H,16-19H2,1-9H3,(H,45,55)/b11-10+,20-15+,23-12-,44-21+/t22-,24+,25+,26+,30?,31?,36-,37?,40?,43-/m0/s1. The van der Waals surface area contributed by atoms with Crippen molar-refractivity contribution in [1.82, 2.24) is 9.91 Å². The summed E-state index contributed by atoms with van der Waals surface area (Å²) in [5, 5.41) is 66.2. The Hall–Kier alpha value is -5.18. The summed E-state index contributed by atoms with van der Waals surface area (Å²) in [6.45, 7) is 13.5. The number of phenolic OH excluding ortho intramolecular Hbond substituents is 2. The molecule has 0 aromatic heterocycles. The zero-order valence-electron chi connectivity index (χ0n) is 34.9. The summed E-state index contributed by atoms with van der Waals surface area (Å²) in [5.41, 5.74) is -0.526. The molecule has 1 amide bonds. The molecule has 1 aromatic rings. The molecule has 1 aliphatic carbocycles. The van der Waals surface area contributed by atoms with Gasteiger partial charge in [0.15, 0.2) is 17.6 Å². The quantitative estimate of drug-likeness (QED) is 0.0832. The normalized spacial score (nSPS) is 34.3. The summed E-state index contributed by atoms with van der Waals surface area (Å²) in [6, 6.07) is 0. The fraction of sp³-hybridized carbons (Fsp3) is 0.535. The average molecular weight is 821 g/mol. The Balaban J connectivity index is 1.71. The van der Waals surface area contributed by atoms with Crippen molar-refractivity contribution in [2.75, 3.05) is 45.7 Å². The molecule has 4 heterocycles. The highest BCUT2D eigenvalue weighted by atomic mass is 16.7. The van der Waals surface area contributed by atoms with E-state index >= 15 is 0 Å². The number of ether oxygens (including phenoxy) is 4. The second-order valence-corrected chi connectivity index (χ2v) is 15.9. The van der Waals surface area contributed by atoms with Crippen molar-refractivity contribution in [2.45, 2.75) is 84.8 Å². The molecular formula is C43H56N4O12. The minimum Gasteiger partial charge on any atom is -0.507 e. The molecule has 4 aliphatic heterocycles. The number of piperazine rings is 1. The van der Waals surface area contributed by atoms with E-state index in [1.54, 1.807) is 44.9 Å². The van der Waals surface area contributed by atoms with Gasteiger partial charge in [0.1, 0.15) is 11.9 Å². The molecule has 10 atom stereocenters. The van der Waals surface area contributed by atoms with E-state index in [4.69, 9.17) is 18.9 Å². The number of Topliss-reactive ketones (excluding diaryl/α,β-unsaturated/α-hetero) is 1. The third kappa shape index (κ3) is 9.35. The van der Waals surface area contributed by atoms with Gasteiger partial charge in [0.05, 0.1) is 52.8 Å². The Kier molecular flexibility index (Phi) is 14.0. The number of aromatic hydroxyl groups is 2. The Labute approximate surface area is 343 Å². The van der Waals surface area contributed by atoms with Crippen molar-refractivity contribution >= 4 is 40.9 Å². The van der Waals surface area contributed by atoms with E-state index in [0.29, 0.717) is 26.2 Å². The molecule has 1 aromatic carbocycles. The van der Waals surface area contributed by atoms with Crippen LogP contribution < -0.4 is 15.8 Å². The minimum atomic E-state index is -2.04. The minimum absolute atomic E-state index is 0.156. The number of hydrogen-bond donors (Lipinski definition) is 6. The summed E-state index contributed by atoms with van der Waals surface area (Å²) in [5.74, 6) is -3.40. The van der Waals surface area contributed by atoms with E-state index in [1.807, 2.05) is 7.05 Å². The van der Waals surface area contributed by atoms with Crippen LogP contribution in [0, 0.1) is 35.5 Å². The third-order valence-electron chi connectivity index (χ3n) is 11.6. The smallest absolute Gasteiger partial charge is 0.302 e. The van der Waals surface area contributed by atoms with Gasteiger partial charge in [-0.05, 0) is 26.0 Å². The third-order valence-corrected chi connectivity index (χ3v) is 11.6. The van der Waals surface area contributed by atoms with Crippen molar-refractivity contribution in [3.05, 3.63) is 52.1 Å². The predicted molar refractivity (Wildman–Crippen MR) is 218 cm³/mol. The molecule has 2 fully saturated rings. The van der Waals surface area contributed by atoms with Gasteiger partial charge in [-0.3, -0.25) is 19.4 Å². The second kappa shape index (κ2) is 18.4. The van der Waals surface area contributed by atoms with Gasteiger partial charge >= 0.3 is 5.97 Å². The molecule has 320 valence electrons. The first-order valence-corrected chi connectivity index (χ1v) is 19.6. The summed E-state index contributed by atoms with van der Waals surface area (Å²) in [6.07, 6.45) is 3.43. The number of hydrogen-bond acceptors (Lipinski definition) is 15. The number of methoxy groups -OCH3 is 1. The van der Waals surface area contributed by atoms with Crippen molar-refractivity contribution < 1.29 is 58.9 Å². The maximum Gasteiger partial charge on any atom is 0.302 e. The molecule has 6 N–H and O–H groups in total. The summed E-state index contributed by atoms with van der Waals surface area (Å²) < 4.78 is 23.5. The van der Waals surface area contributed by atoms with Crippen LogP contribution in [0.25, 0.3) is 11.3 Å². The number of nitrogens with one attached hydrogen (secondary N) is 1. The molecule has 16 nitrogen and oxygen atoms in total. The monoisotopic (exact) mass is 820 g/mol. The fourth-order valence-corrected chi connectivity index (χ4v) is 7.78. The number of esters is 1. The number of nitrogens with zero attached hydrogens (tertiary/aromatic N) is 3. The maximum absolute atomic E-state index is 14.4. The van der Waals surface area contributed by atoms with Crippen molar-refractivity contribution in [1.29, 1.82) is 0 Å². The largest absolute Gasteiger partial charge is 0.507 e. The number of aliphatic hydroxyl groups excluding tert-OH is 3. The van der Waals surface area contributed by atoms with Gasteiger partial charge < -0.3 is 54.7 Å². The molecule has 5 bridgehead atoms. The number of fused-ring (bicyclic) bond motifs is 14. The molecule has 4 unspecified atom stereocenters. The number of carbonyl (C=O) groups excluding carboxylic acids is 3. The number of hydrazone groups is 1. The topological polar surface area (TPSA) is 220 Å². The zero-order valence-corrected chi connectivity index (χ0v) is 34.9. The number of allylic oxidation sites excluding steroid dienone is 2. The van der Waals surface area contributed by atoms with Crippen LogP contribution in [0.3, 0.4) is 0 Å². The van der Waals surface area contributed by atoms with Gasteiger partial charge in [-0.25, -0.2) is 0 Å². The highest BCUT2D eigenvalue weighted by molar-refractivity contribution is 6.23. The molecule has 59 heavy (non-hydrogen) atoms. The molecule has 0 radical (unpaired) electrons. The van der Waals surface area contributed by atoms with Gasteiger partial charge in [-0.2, -0.15) is 5.10 Å². The number of anilines is 1. The van der Waals surface area contributed by atoms with Gasteiger partial charge in [0, 0.05) is 81.6 Å². The first-order chi connectivity index (χ1) is 27.8. The Bertz CT molecular complexity index is 2130. The lowest BCUT2D eigenvalue weighted by molar-refractivity contribution is -0.183. The lowest BCUT2D eigenvalue weighted by atomic mass is 9.78. The lowest BCUT2D eigenvalue weighted by Gasteiger charge is -2.38. The van der Waals surface area contributed by atoms with Crippen LogP contribution in [0.4, 0.5) is 5.69 Å². The van der Waals surface area contributed by atoms with E-state index in [-0.39, 0.29) is 27.6 Å². The van der Waals surface area contributed by atoms with Crippen molar-refractivity contribution in [2.24, 2.45) is 28.8 Å². The summed E-state index contributed by atoms with van der Waals surface area (Å²) in [7, 11) is 3.41. The molecule has 16 heteroatoms. The summed E-state index contributed by atoms with van der Waals surface area (Å²) in [4.78, 5) is 42.6. The average Bonchev–Trinajstić information content (AvgIpc) is 3.35. The van der Waals surface area contributed by atoms with Crippen molar-refractivity contribution in [3.63, 3.8) is 0 Å². The van der Waals surface area contributed by atoms with Gasteiger partial charge in [-0.15, -0.1) is 0 Å². The number of likely N-dealkylation sites (N-methyl/N-ethyl adjacent to an activating group) is 1. The van der Waals surface area contributed by atoms with Crippen LogP contribution in [0.5, 0.6) is 11.5 Å². The van der Waals surface area contributed by atoms with Crippen LogP contribution >= 0.6 is 0 Å². The number of carbonyl (C=O) groups is 3. The number of amides is 1. The number of ketones is 1. The van der Waals surface area contributed by atoms with Gasteiger partial charge in [-0.1, -0.05) is 51.8 Å². The second-order valence-electron chi connectivity index (χ2n) is 15.9. The van der Waals surface area contributed by atoms with E-state index in [2.05, 4.69) is 27.2 Å². The maximum atomic E-state index is 14.4. The van der Waals surface area contributed by atoms with Crippen LogP contribution in [0.15, 0.2) is 41.2 Å².